The summed E-state index contributed by atoms with van der Waals surface area (Å²) in [6.45, 7) is 19.2. The van der Waals surface area contributed by atoms with Gasteiger partial charge in [0.05, 0.1) is 0 Å². The van der Waals surface area contributed by atoms with Crippen molar-refractivity contribution >= 4 is 5.69 Å². The lowest BCUT2D eigenvalue weighted by atomic mass is 10.0. The highest BCUT2D eigenvalue weighted by Crippen LogP contribution is 2.20. The second-order valence-electron chi connectivity index (χ2n) is 4.33. The first kappa shape index (κ1) is 20.3. The van der Waals surface area contributed by atoms with Gasteiger partial charge in [0, 0.05) is 18.8 Å². The first-order valence-corrected chi connectivity index (χ1v) is 8.04. The molecule has 0 N–H and O–H groups in total. The summed E-state index contributed by atoms with van der Waals surface area (Å²) in [6, 6.07) is 8.99. The summed E-state index contributed by atoms with van der Waals surface area (Å²) < 4.78 is 0. The Kier molecular flexibility index (Phi) is 14.4. The molecule has 1 rings (SSSR count). The third-order valence-electron chi connectivity index (χ3n) is 2.80. The molecule has 0 aliphatic rings. The largest absolute Gasteiger partial charge is 0.372 e. The lowest BCUT2D eigenvalue weighted by Gasteiger charge is -2.22. The fraction of sp³-hybridized carbons (Fsp3) is 0.667. The minimum atomic E-state index is 0.625. The molecule has 1 aromatic rings. The molecule has 0 amide bonds. The molecule has 19 heavy (non-hydrogen) atoms. The van der Waals surface area contributed by atoms with Crippen LogP contribution in [0.5, 0.6) is 0 Å². The van der Waals surface area contributed by atoms with Gasteiger partial charge in [-0.2, -0.15) is 0 Å². The van der Waals surface area contributed by atoms with Gasteiger partial charge in [0.1, 0.15) is 0 Å². The van der Waals surface area contributed by atoms with Crippen molar-refractivity contribution in [2.45, 2.75) is 67.7 Å². The summed E-state index contributed by atoms with van der Waals surface area (Å²) in [5.74, 6) is 0.625. The Morgan fingerprint density at radius 1 is 0.895 bits per heavy atom. The van der Waals surface area contributed by atoms with E-state index < -0.39 is 0 Å². The summed E-state index contributed by atoms with van der Waals surface area (Å²) in [5.41, 5.74) is 2.77. The van der Waals surface area contributed by atoms with Crippen LogP contribution in [0.25, 0.3) is 0 Å². The molecule has 0 bridgehead atoms. The number of hydrogen-bond acceptors (Lipinski definition) is 1. The third-order valence-corrected chi connectivity index (χ3v) is 2.80. The fourth-order valence-electron chi connectivity index (χ4n) is 1.81. The van der Waals surface area contributed by atoms with Gasteiger partial charge >= 0.3 is 0 Å². The van der Waals surface area contributed by atoms with Crippen molar-refractivity contribution in [3.8, 4) is 0 Å². The average Bonchev–Trinajstić information content (AvgIpc) is 2.49. The van der Waals surface area contributed by atoms with Gasteiger partial charge in [-0.1, -0.05) is 60.6 Å². The van der Waals surface area contributed by atoms with Crippen molar-refractivity contribution in [2.75, 3.05) is 18.0 Å². The zero-order chi connectivity index (χ0) is 15.3. The predicted octanol–water partition coefficient (Wildman–Crippen LogP) is 6.10. The Morgan fingerprint density at radius 3 is 1.68 bits per heavy atom. The van der Waals surface area contributed by atoms with Crippen molar-refractivity contribution in [3.63, 3.8) is 0 Å². The van der Waals surface area contributed by atoms with Gasteiger partial charge < -0.3 is 4.90 Å². The molecule has 0 aromatic heterocycles. The minimum absolute atomic E-state index is 0.625. The van der Waals surface area contributed by atoms with E-state index in [0.29, 0.717) is 5.92 Å². The molecule has 0 radical (unpaired) electrons. The average molecular weight is 265 g/mol. The number of nitrogens with zero attached hydrogens (tertiary/aromatic N) is 1. The number of hydrogen-bond donors (Lipinski definition) is 0. The molecule has 0 fully saturated rings. The maximum Gasteiger partial charge on any atom is 0.0366 e. The first-order chi connectivity index (χ1) is 9.19. The molecule has 0 saturated heterocycles. The summed E-state index contributed by atoms with van der Waals surface area (Å²) in [5, 5.41) is 0. The van der Waals surface area contributed by atoms with E-state index in [1.807, 2.05) is 27.7 Å². The van der Waals surface area contributed by atoms with Crippen LogP contribution in [0.2, 0.25) is 0 Å². The van der Waals surface area contributed by atoms with E-state index in [-0.39, 0.29) is 0 Å². The van der Waals surface area contributed by atoms with Crippen molar-refractivity contribution in [2.24, 2.45) is 0 Å². The third kappa shape index (κ3) is 7.92. The van der Waals surface area contributed by atoms with Gasteiger partial charge in [-0.25, -0.2) is 0 Å². The normalized spacial score (nSPS) is 9.11. The fourth-order valence-corrected chi connectivity index (χ4v) is 1.81. The molecule has 0 aliphatic heterocycles. The Morgan fingerprint density at radius 2 is 1.37 bits per heavy atom. The molecule has 1 nitrogen and oxygen atoms in total. The molecule has 0 aliphatic carbocycles. The van der Waals surface area contributed by atoms with Crippen LogP contribution in [0.1, 0.15) is 73.3 Å². The van der Waals surface area contributed by atoms with E-state index in [4.69, 9.17) is 0 Å². The lowest BCUT2D eigenvalue weighted by molar-refractivity contribution is 0.790. The van der Waals surface area contributed by atoms with Gasteiger partial charge in [-0.3, -0.25) is 0 Å². The second-order valence-corrected chi connectivity index (χ2v) is 4.33. The molecule has 1 heteroatoms. The van der Waals surface area contributed by atoms with Crippen LogP contribution in [0.15, 0.2) is 24.3 Å². The van der Waals surface area contributed by atoms with Crippen molar-refractivity contribution in [1.29, 1.82) is 0 Å². The minimum Gasteiger partial charge on any atom is -0.372 e. The van der Waals surface area contributed by atoms with Gasteiger partial charge in [0.25, 0.3) is 0 Å². The van der Waals surface area contributed by atoms with Crippen LogP contribution in [0.3, 0.4) is 0 Å². The zero-order valence-electron chi connectivity index (χ0n) is 14.5. The highest BCUT2D eigenvalue weighted by molar-refractivity contribution is 5.47. The number of benzene rings is 1. The van der Waals surface area contributed by atoms with Gasteiger partial charge in [0.15, 0.2) is 0 Å². The maximum absolute atomic E-state index is 2.42. The first-order valence-electron chi connectivity index (χ1n) is 8.04. The van der Waals surface area contributed by atoms with Crippen LogP contribution in [0.4, 0.5) is 5.69 Å². The van der Waals surface area contributed by atoms with Gasteiger partial charge in [0.2, 0.25) is 0 Å². The molecule has 112 valence electrons. The molecule has 0 heterocycles. The van der Waals surface area contributed by atoms with Crippen molar-refractivity contribution in [1.82, 2.24) is 0 Å². The van der Waals surface area contributed by atoms with Gasteiger partial charge in [-0.05, 0) is 37.0 Å². The topological polar surface area (TPSA) is 3.24 Å². The highest BCUT2D eigenvalue weighted by atomic mass is 15.1. The highest BCUT2D eigenvalue weighted by Gasteiger charge is 2.03. The summed E-state index contributed by atoms with van der Waals surface area (Å²) in [7, 11) is 0. The summed E-state index contributed by atoms with van der Waals surface area (Å²) >= 11 is 0. The molecule has 0 unspecified atom stereocenters. The SMILES string of the molecule is CC.CC.CCCN(CC)c1ccc(C(C)C)cc1. The molecule has 1 aromatic carbocycles. The van der Waals surface area contributed by atoms with E-state index in [9.17, 15) is 0 Å². The Hall–Kier alpha value is -0.980. The second kappa shape index (κ2) is 13.5. The summed E-state index contributed by atoms with van der Waals surface area (Å²) in [6.07, 6.45) is 1.21. The van der Waals surface area contributed by atoms with Crippen LogP contribution < -0.4 is 4.90 Å². The quantitative estimate of drug-likeness (QED) is 0.622. The number of rotatable bonds is 5. The standard InChI is InChI=1S/C14H23N.2C2H6/c1-5-11-15(6-2)14-9-7-13(8-10-14)12(3)4;2*1-2/h7-10,12H,5-6,11H2,1-4H3;2*1-2H3. The molecule has 0 saturated carbocycles. The molecular formula is C18H35N. The van der Waals surface area contributed by atoms with E-state index in [1.54, 1.807) is 0 Å². The molecule has 0 spiro atoms. The smallest absolute Gasteiger partial charge is 0.0366 e. The predicted molar refractivity (Wildman–Crippen MR) is 91.4 cm³/mol. The van der Waals surface area contributed by atoms with Crippen molar-refractivity contribution in [3.05, 3.63) is 29.8 Å². The Bertz CT molecular complexity index is 274. The van der Waals surface area contributed by atoms with E-state index in [1.165, 1.54) is 17.7 Å². The molecule has 0 atom stereocenters. The van der Waals surface area contributed by atoms with Crippen LogP contribution in [-0.2, 0) is 0 Å². The Labute approximate surface area is 122 Å². The van der Waals surface area contributed by atoms with Crippen LogP contribution in [0, 0.1) is 0 Å². The lowest BCUT2D eigenvalue weighted by Crippen LogP contribution is -2.23. The van der Waals surface area contributed by atoms with E-state index >= 15 is 0 Å². The van der Waals surface area contributed by atoms with Crippen LogP contribution in [-0.4, -0.2) is 13.1 Å². The monoisotopic (exact) mass is 265 g/mol. The van der Waals surface area contributed by atoms with Gasteiger partial charge in [-0.15, -0.1) is 0 Å². The van der Waals surface area contributed by atoms with E-state index in [0.717, 1.165) is 13.1 Å². The summed E-state index contributed by atoms with van der Waals surface area (Å²) in [4.78, 5) is 2.42. The Balaban J connectivity index is 0. The maximum atomic E-state index is 2.42. The number of anilines is 1. The van der Waals surface area contributed by atoms with Crippen molar-refractivity contribution < 1.29 is 0 Å². The van der Waals surface area contributed by atoms with Crippen LogP contribution >= 0.6 is 0 Å². The van der Waals surface area contributed by atoms with E-state index in [2.05, 4.69) is 56.9 Å². The molecular weight excluding hydrogens is 230 g/mol. The zero-order valence-corrected chi connectivity index (χ0v) is 14.5.